The number of esters is 1. The molecule has 0 aliphatic rings. The third-order valence-corrected chi connectivity index (χ3v) is 1.14. The molecule has 12 heavy (non-hydrogen) atoms. The molecule has 0 aliphatic heterocycles. The fraction of sp³-hybridized carbons (Fsp3) is 0.875. The van der Waals surface area contributed by atoms with Crippen molar-refractivity contribution in [2.24, 2.45) is 0 Å². The van der Waals surface area contributed by atoms with Gasteiger partial charge in [0.1, 0.15) is 12.7 Å². The first-order valence-corrected chi connectivity index (χ1v) is 4.06. The van der Waals surface area contributed by atoms with Crippen LogP contribution in [-0.2, 0) is 14.3 Å². The smallest absolute Gasteiger partial charge is 0.302 e. The van der Waals surface area contributed by atoms with E-state index in [0.717, 1.165) is 6.42 Å². The Morgan fingerprint density at radius 3 is 2.67 bits per heavy atom. The second-order valence-corrected chi connectivity index (χ2v) is 2.53. The van der Waals surface area contributed by atoms with Gasteiger partial charge in [-0.1, -0.05) is 6.92 Å². The van der Waals surface area contributed by atoms with Crippen LogP contribution in [0.5, 0.6) is 0 Å². The number of carbonyl (C=O) groups is 1. The fourth-order valence-corrected chi connectivity index (χ4v) is 0.625. The van der Waals surface area contributed by atoms with Crippen LogP contribution in [-0.4, -0.2) is 37.0 Å². The van der Waals surface area contributed by atoms with Gasteiger partial charge in [0.25, 0.3) is 0 Å². The minimum absolute atomic E-state index is 0.0129. The molecule has 1 unspecified atom stereocenters. The Morgan fingerprint density at radius 2 is 2.17 bits per heavy atom. The van der Waals surface area contributed by atoms with Gasteiger partial charge in [0.15, 0.2) is 0 Å². The number of hydrogen-bond acceptors (Lipinski definition) is 4. The molecule has 72 valence electrons. The molecule has 0 aliphatic carbocycles. The Labute approximate surface area is 72.5 Å². The molecular formula is C8H16O4. The standard InChI is InChI=1S/C8H16O4/c1-3-4-11-5-8(10)6-12-7(2)9/h8,10H,3-6H2,1-2H3. The second-order valence-electron chi connectivity index (χ2n) is 2.53. The van der Waals surface area contributed by atoms with E-state index in [1.165, 1.54) is 6.92 Å². The SMILES string of the molecule is CCCOCC(O)COC(C)=O. The molecule has 0 heterocycles. The van der Waals surface area contributed by atoms with Crippen LogP contribution in [0.1, 0.15) is 20.3 Å². The maximum absolute atomic E-state index is 10.3. The van der Waals surface area contributed by atoms with Gasteiger partial charge in [-0.3, -0.25) is 4.79 Å². The average Bonchev–Trinajstić information content (AvgIpc) is 2.01. The van der Waals surface area contributed by atoms with Gasteiger partial charge < -0.3 is 14.6 Å². The van der Waals surface area contributed by atoms with Crippen molar-refractivity contribution >= 4 is 5.97 Å². The van der Waals surface area contributed by atoms with E-state index in [4.69, 9.17) is 9.84 Å². The first-order chi connectivity index (χ1) is 5.66. The zero-order chi connectivity index (χ0) is 9.40. The van der Waals surface area contributed by atoms with E-state index in [-0.39, 0.29) is 19.2 Å². The lowest BCUT2D eigenvalue weighted by molar-refractivity contribution is -0.145. The molecule has 4 nitrogen and oxygen atoms in total. The highest BCUT2D eigenvalue weighted by atomic mass is 16.5. The van der Waals surface area contributed by atoms with Gasteiger partial charge in [0.2, 0.25) is 0 Å². The summed E-state index contributed by atoms with van der Waals surface area (Å²) >= 11 is 0. The summed E-state index contributed by atoms with van der Waals surface area (Å²) in [5.41, 5.74) is 0. The molecule has 0 radical (unpaired) electrons. The lowest BCUT2D eigenvalue weighted by atomic mass is 10.4. The predicted octanol–water partition coefficient (Wildman–Crippen LogP) is 0.337. The van der Waals surface area contributed by atoms with Crippen molar-refractivity contribution in [1.82, 2.24) is 0 Å². The Morgan fingerprint density at radius 1 is 1.50 bits per heavy atom. The molecule has 0 saturated heterocycles. The minimum atomic E-state index is -0.708. The van der Waals surface area contributed by atoms with Crippen LogP contribution in [0, 0.1) is 0 Å². The van der Waals surface area contributed by atoms with Crippen LogP contribution < -0.4 is 0 Å². The van der Waals surface area contributed by atoms with Crippen LogP contribution >= 0.6 is 0 Å². The number of ether oxygens (including phenoxy) is 2. The zero-order valence-electron chi connectivity index (χ0n) is 7.58. The Hall–Kier alpha value is -0.610. The van der Waals surface area contributed by atoms with E-state index >= 15 is 0 Å². The Bertz CT molecular complexity index is 124. The van der Waals surface area contributed by atoms with E-state index in [2.05, 4.69) is 4.74 Å². The summed E-state index contributed by atoms with van der Waals surface area (Å²) in [6, 6.07) is 0. The molecule has 0 aromatic carbocycles. The van der Waals surface area contributed by atoms with Crippen LogP contribution in [0.4, 0.5) is 0 Å². The van der Waals surface area contributed by atoms with Crippen molar-refractivity contribution in [3.63, 3.8) is 0 Å². The molecular weight excluding hydrogens is 160 g/mol. The molecule has 0 amide bonds. The molecule has 0 aromatic rings. The Balaban J connectivity index is 3.21. The van der Waals surface area contributed by atoms with E-state index in [9.17, 15) is 4.79 Å². The monoisotopic (exact) mass is 176 g/mol. The molecule has 0 spiro atoms. The van der Waals surface area contributed by atoms with Crippen molar-refractivity contribution < 1.29 is 19.4 Å². The summed E-state index contributed by atoms with van der Waals surface area (Å²) in [7, 11) is 0. The molecule has 1 N–H and O–H groups in total. The zero-order valence-corrected chi connectivity index (χ0v) is 7.58. The van der Waals surface area contributed by atoms with Crippen molar-refractivity contribution in [1.29, 1.82) is 0 Å². The third-order valence-electron chi connectivity index (χ3n) is 1.14. The van der Waals surface area contributed by atoms with Gasteiger partial charge in [0.05, 0.1) is 6.61 Å². The summed E-state index contributed by atoms with van der Waals surface area (Å²) in [6.45, 7) is 4.15. The number of rotatable bonds is 6. The lowest BCUT2D eigenvalue weighted by Crippen LogP contribution is -2.23. The summed E-state index contributed by atoms with van der Waals surface area (Å²) in [5.74, 6) is -0.385. The third kappa shape index (κ3) is 7.50. The number of hydrogen-bond donors (Lipinski definition) is 1. The highest BCUT2D eigenvalue weighted by Crippen LogP contribution is 1.89. The van der Waals surface area contributed by atoms with Gasteiger partial charge in [-0.15, -0.1) is 0 Å². The predicted molar refractivity (Wildman–Crippen MR) is 43.7 cm³/mol. The second kappa shape index (κ2) is 7.06. The van der Waals surface area contributed by atoms with Gasteiger partial charge in [0, 0.05) is 13.5 Å². The topological polar surface area (TPSA) is 55.8 Å². The van der Waals surface area contributed by atoms with Gasteiger partial charge in [-0.05, 0) is 6.42 Å². The summed E-state index contributed by atoms with van der Waals surface area (Å²) in [6.07, 6.45) is 0.209. The van der Waals surface area contributed by atoms with Crippen LogP contribution in [0.15, 0.2) is 0 Å². The lowest BCUT2D eigenvalue weighted by Gasteiger charge is -2.09. The fourth-order valence-electron chi connectivity index (χ4n) is 0.625. The number of aliphatic hydroxyl groups is 1. The molecule has 0 bridgehead atoms. The van der Waals surface area contributed by atoms with Gasteiger partial charge >= 0.3 is 5.97 Å². The molecule has 1 atom stereocenters. The Kier molecular flexibility index (Phi) is 6.70. The van der Waals surface area contributed by atoms with E-state index in [0.29, 0.717) is 6.61 Å². The van der Waals surface area contributed by atoms with Gasteiger partial charge in [-0.25, -0.2) is 0 Å². The first-order valence-electron chi connectivity index (χ1n) is 4.06. The normalized spacial score (nSPS) is 12.6. The molecule has 0 rings (SSSR count). The van der Waals surface area contributed by atoms with E-state index in [1.54, 1.807) is 0 Å². The highest BCUT2D eigenvalue weighted by Gasteiger charge is 2.05. The molecule has 0 fully saturated rings. The minimum Gasteiger partial charge on any atom is -0.463 e. The first kappa shape index (κ1) is 11.4. The van der Waals surface area contributed by atoms with Crippen molar-refractivity contribution in [2.45, 2.75) is 26.4 Å². The quantitative estimate of drug-likeness (QED) is 0.468. The average molecular weight is 176 g/mol. The van der Waals surface area contributed by atoms with Crippen molar-refractivity contribution in [3.8, 4) is 0 Å². The van der Waals surface area contributed by atoms with Gasteiger partial charge in [-0.2, -0.15) is 0 Å². The molecule has 0 saturated carbocycles. The summed E-state index contributed by atoms with van der Waals surface area (Å²) < 4.78 is 9.60. The largest absolute Gasteiger partial charge is 0.463 e. The van der Waals surface area contributed by atoms with Crippen molar-refractivity contribution in [2.75, 3.05) is 19.8 Å². The van der Waals surface area contributed by atoms with Crippen LogP contribution in [0.25, 0.3) is 0 Å². The van der Waals surface area contributed by atoms with Crippen LogP contribution in [0.2, 0.25) is 0 Å². The maximum atomic E-state index is 10.3. The molecule has 0 aromatic heterocycles. The summed E-state index contributed by atoms with van der Waals surface area (Å²) in [5, 5.41) is 9.12. The summed E-state index contributed by atoms with van der Waals surface area (Å²) in [4.78, 5) is 10.3. The number of aliphatic hydroxyl groups excluding tert-OH is 1. The van der Waals surface area contributed by atoms with Crippen LogP contribution in [0.3, 0.4) is 0 Å². The number of carbonyl (C=O) groups excluding carboxylic acids is 1. The van der Waals surface area contributed by atoms with Crippen molar-refractivity contribution in [3.05, 3.63) is 0 Å². The van der Waals surface area contributed by atoms with E-state index in [1.807, 2.05) is 6.92 Å². The molecule has 4 heteroatoms. The highest BCUT2D eigenvalue weighted by molar-refractivity contribution is 5.65. The maximum Gasteiger partial charge on any atom is 0.302 e. The van der Waals surface area contributed by atoms with E-state index < -0.39 is 6.10 Å².